The lowest BCUT2D eigenvalue weighted by atomic mass is 10.1. The Kier molecular flexibility index (Phi) is 8.46. The summed E-state index contributed by atoms with van der Waals surface area (Å²) in [5.74, 6) is -2.55. The van der Waals surface area contributed by atoms with Crippen molar-refractivity contribution in [2.45, 2.75) is 20.0 Å². The number of nitrogens with one attached hydrogen (secondary N) is 2. The van der Waals surface area contributed by atoms with Gasteiger partial charge >= 0.3 is 5.97 Å². The van der Waals surface area contributed by atoms with E-state index >= 15 is 0 Å². The smallest absolute Gasteiger partial charge is 0.347 e. The largest absolute Gasteiger partial charge is 0.505 e. The summed E-state index contributed by atoms with van der Waals surface area (Å²) in [5, 5.41) is 37.7. The first-order valence-corrected chi connectivity index (χ1v) is 14.7. The molecule has 4 aromatic carbocycles. The third kappa shape index (κ3) is 6.35. The average molecular weight is 645 g/mol. The summed E-state index contributed by atoms with van der Waals surface area (Å²) < 4.78 is 11.7. The van der Waals surface area contributed by atoms with E-state index in [1.165, 1.54) is 0 Å². The topological polar surface area (TPSA) is 180 Å². The second kappa shape index (κ2) is 13.0. The van der Waals surface area contributed by atoms with Gasteiger partial charge in [-0.2, -0.15) is 0 Å². The maximum absolute atomic E-state index is 13.2. The molecule has 12 nitrogen and oxygen atoms in total. The van der Waals surface area contributed by atoms with Gasteiger partial charge in [0, 0.05) is 32.9 Å². The van der Waals surface area contributed by atoms with Crippen molar-refractivity contribution in [2.75, 3.05) is 0 Å². The Balaban J connectivity index is 1.21. The first-order chi connectivity index (χ1) is 23.1. The number of aromatic hydroxyl groups is 2. The number of carboxylic acid groups (broad SMARTS) is 1. The monoisotopic (exact) mass is 644 g/mol. The summed E-state index contributed by atoms with van der Waals surface area (Å²) in [6.45, 7) is 3.24. The van der Waals surface area contributed by atoms with E-state index in [4.69, 9.17) is 9.47 Å². The molecule has 240 valence electrons. The highest BCUT2D eigenvalue weighted by Gasteiger charge is 2.28. The zero-order chi connectivity index (χ0) is 33.9. The Morgan fingerprint density at radius 1 is 0.583 bits per heavy atom. The molecule has 0 aliphatic carbocycles. The number of carbonyl (C=O) groups excluding carboxylic acids is 2. The molecule has 0 saturated heterocycles. The van der Waals surface area contributed by atoms with E-state index in [1.54, 1.807) is 74.5 Å². The van der Waals surface area contributed by atoms with Crippen LogP contribution in [0, 0.1) is 13.8 Å². The van der Waals surface area contributed by atoms with Crippen LogP contribution in [0.1, 0.15) is 32.4 Å². The molecule has 0 radical (unpaired) electrons. The van der Waals surface area contributed by atoms with Crippen molar-refractivity contribution in [3.8, 4) is 34.5 Å². The second-order valence-corrected chi connectivity index (χ2v) is 10.8. The normalized spacial score (nSPS) is 11.0. The number of nitrogens with zero attached hydrogens (tertiary/aromatic N) is 2. The molecule has 12 heteroatoms. The number of ether oxygens (including phenoxy) is 2. The molecule has 0 unspecified atom stereocenters. The van der Waals surface area contributed by atoms with Crippen LogP contribution in [0.25, 0.3) is 21.5 Å². The molecular formula is C36H28N4O8. The van der Waals surface area contributed by atoms with Crippen LogP contribution in [0.3, 0.4) is 0 Å². The summed E-state index contributed by atoms with van der Waals surface area (Å²) in [5.41, 5.74) is -0.178. The first kappa shape index (κ1) is 31.3. The van der Waals surface area contributed by atoms with Gasteiger partial charge in [0.15, 0.2) is 22.9 Å². The average Bonchev–Trinajstić information content (AvgIpc) is 3.08. The van der Waals surface area contributed by atoms with Crippen molar-refractivity contribution in [3.05, 3.63) is 120 Å². The van der Waals surface area contributed by atoms with Crippen LogP contribution in [0.15, 0.2) is 97.1 Å². The summed E-state index contributed by atoms with van der Waals surface area (Å²) in [7, 11) is 0. The van der Waals surface area contributed by atoms with Gasteiger partial charge in [-0.1, -0.05) is 36.4 Å². The van der Waals surface area contributed by atoms with E-state index in [-0.39, 0.29) is 10.8 Å². The van der Waals surface area contributed by atoms with Gasteiger partial charge in [-0.05, 0) is 74.5 Å². The number of pyridine rings is 2. The predicted octanol–water partition coefficient (Wildman–Crippen LogP) is 5.97. The summed E-state index contributed by atoms with van der Waals surface area (Å²) in [6, 6.07) is 27.8. The van der Waals surface area contributed by atoms with Crippen molar-refractivity contribution in [1.82, 2.24) is 20.6 Å². The number of carbonyl (C=O) groups is 3. The fourth-order valence-corrected chi connectivity index (χ4v) is 5.13. The number of para-hydroxylation sites is 2. The number of amides is 2. The number of hydrogen-bond donors (Lipinski definition) is 5. The van der Waals surface area contributed by atoms with Crippen molar-refractivity contribution in [3.63, 3.8) is 0 Å². The highest BCUT2D eigenvalue weighted by Crippen LogP contribution is 2.35. The molecule has 0 bridgehead atoms. The van der Waals surface area contributed by atoms with Crippen LogP contribution in [0.2, 0.25) is 0 Å². The summed E-state index contributed by atoms with van der Waals surface area (Å²) in [4.78, 5) is 46.9. The third-order valence-electron chi connectivity index (χ3n) is 7.47. The van der Waals surface area contributed by atoms with Gasteiger partial charge in [0.05, 0.1) is 0 Å². The Bertz CT molecular complexity index is 2060. The quantitative estimate of drug-likeness (QED) is 0.118. The fraction of sp³-hybridized carbons (Fsp3) is 0.0833. The Morgan fingerprint density at radius 3 is 1.35 bits per heavy atom. The van der Waals surface area contributed by atoms with Crippen molar-refractivity contribution < 1.29 is 39.2 Å². The van der Waals surface area contributed by atoms with E-state index < -0.39 is 46.8 Å². The van der Waals surface area contributed by atoms with Gasteiger partial charge in [-0.3, -0.25) is 9.59 Å². The number of benzene rings is 4. The van der Waals surface area contributed by atoms with E-state index in [0.717, 1.165) is 0 Å². The molecule has 0 aliphatic heterocycles. The molecule has 0 atom stereocenters. The number of fused-ring (bicyclic) bond motifs is 2. The van der Waals surface area contributed by atoms with Gasteiger partial charge in [0.1, 0.15) is 23.0 Å². The van der Waals surface area contributed by atoms with Crippen LogP contribution < -0.4 is 20.1 Å². The number of aromatic nitrogens is 2. The Hall–Kier alpha value is -6.69. The standard InChI is InChI=1S/C36H28N4O8/c1-19-27-17-23(47-21-9-5-3-6-10-21)13-15-25(27)31(41)29(37-19)34(43)39-33(36(45)46)40-35(44)30-32(42)26-16-14-24(18-28(26)20(2)38-30)48-22-11-7-4-8-12-22/h3-18,33,41-42H,1-2H3,(H,39,43)(H,40,44)(H,45,46). The minimum Gasteiger partial charge on any atom is -0.505 e. The number of carboxylic acids is 1. The molecule has 2 amide bonds. The lowest BCUT2D eigenvalue weighted by molar-refractivity contribution is -0.139. The molecule has 0 spiro atoms. The van der Waals surface area contributed by atoms with Crippen molar-refractivity contribution in [1.29, 1.82) is 0 Å². The summed E-state index contributed by atoms with van der Waals surface area (Å²) >= 11 is 0. The molecule has 6 aromatic rings. The van der Waals surface area contributed by atoms with E-state index in [1.807, 2.05) is 36.4 Å². The molecule has 5 N–H and O–H groups in total. The zero-order valence-electron chi connectivity index (χ0n) is 25.6. The molecule has 6 rings (SSSR count). The van der Waals surface area contributed by atoms with Crippen molar-refractivity contribution >= 4 is 39.3 Å². The molecule has 0 saturated carbocycles. The molecule has 2 aromatic heterocycles. The molecule has 2 heterocycles. The third-order valence-corrected chi connectivity index (χ3v) is 7.47. The van der Waals surface area contributed by atoms with E-state index in [2.05, 4.69) is 20.6 Å². The van der Waals surface area contributed by atoms with E-state index in [9.17, 15) is 29.7 Å². The van der Waals surface area contributed by atoms with E-state index in [0.29, 0.717) is 45.2 Å². The van der Waals surface area contributed by atoms with Crippen LogP contribution in [0.5, 0.6) is 34.5 Å². The van der Waals surface area contributed by atoms with Gasteiger partial charge in [-0.15, -0.1) is 0 Å². The molecule has 0 aliphatic rings. The zero-order valence-corrected chi connectivity index (χ0v) is 25.6. The van der Waals surface area contributed by atoms with Crippen LogP contribution in [-0.2, 0) is 4.79 Å². The molecular weight excluding hydrogens is 616 g/mol. The Labute approximate surface area is 273 Å². The van der Waals surface area contributed by atoms with Crippen LogP contribution >= 0.6 is 0 Å². The highest BCUT2D eigenvalue weighted by atomic mass is 16.5. The SMILES string of the molecule is Cc1nc(C(=O)NC(NC(=O)c2nc(C)c3cc(Oc4ccccc4)ccc3c2O)C(=O)O)c(O)c2ccc(Oc3ccccc3)cc12. The number of aliphatic carboxylic acids is 1. The predicted molar refractivity (Wildman–Crippen MR) is 176 cm³/mol. The lowest BCUT2D eigenvalue weighted by Crippen LogP contribution is -2.53. The molecule has 48 heavy (non-hydrogen) atoms. The number of hydrogen-bond acceptors (Lipinski definition) is 9. The molecule has 0 fully saturated rings. The van der Waals surface area contributed by atoms with Gasteiger partial charge in [0.2, 0.25) is 6.17 Å². The van der Waals surface area contributed by atoms with Gasteiger partial charge in [-0.25, -0.2) is 14.8 Å². The lowest BCUT2D eigenvalue weighted by Gasteiger charge is -2.18. The van der Waals surface area contributed by atoms with Crippen LogP contribution in [-0.4, -0.2) is 49.2 Å². The minimum atomic E-state index is -1.97. The highest BCUT2D eigenvalue weighted by molar-refractivity contribution is 6.06. The minimum absolute atomic E-state index is 0.280. The maximum Gasteiger partial charge on any atom is 0.347 e. The van der Waals surface area contributed by atoms with Crippen molar-refractivity contribution in [2.24, 2.45) is 0 Å². The number of aryl methyl sites for hydroxylation is 2. The summed E-state index contributed by atoms with van der Waals surface area (Å²) in [6.07, 6.45) is -1.97. The maximum atomic E-state index is 13.2. The van der Waals surface area contributed by atoms with Gasteiger partial charge in [0.25, 0.3) is 11.8 Å². The fourth-order valence-electron chi connectivity index (χ4n) is 5.13. The number of rotatable bonds is 9. The Morgan fingerprint density at radius 2 is 0.979 bits per heavy atom. The van der Waals surface area contributed by atoms with Crippen LogP contribution in [0.4, 0.5) is 0 Å². The second-order valence-electron chi connectivity index (χ2n) is 10.8. The first-order valence-electron chi connectivity index (χ1n) is 14.7. The van der Waals surface area contributed by atoms with Gasteiger partial charge < -0.3 is 35.4 Å².